The molecular weight excluding hydrogens is 212 g/mol. The van der Waals surface area contributed by atoms with Gasteiger partial charge in [0.1, 0.15) is 0 Å². The molecule has 0 saturated carbocycles. The van der Waals surface area contributed by atoms with Crippen LogP contribution in [0.2, 0.25) is 0 Å². The van der Waals surface area contributed by atoms with E-state index in [0.717, 1.165) is 5.95 Å². The number of rotatable bonds is 5. The quantitative estimate of drug-likeness (QED) is 0.799. The van der Waals surface area contributed by atoms with Crippen molar-refractivity contribution in [2.45, 2.75) is 13.0 Å². The number of nitrogens with one attached hydrogen (secondary N) is 1. The van der Waals surface area contributed by atoms with Gasteiger partial charge in [0.25, 0.3) is 0 Å². The number of aromatic nitrogens is 3. The Morgan fingerprint density at radius 3 is 2.88 bits per heavy atom. The van der Waals surface area contributed by atoms with Gasteiger partial charge in [-0.05, 0) is 24.6 Å². The van der Waals surface area contributed by atoms with E-state index in [9.17, 15) is 0 Å². The van der Waals surface area contributed by atoms with Gasteiger partial charge in [-0.25, -0.2) is 4.98 Å². The largest absolute Gasteiger partial charge is 0.352 e. The molecule has 2 aromatic heterocycles. The maximum Gasteiger partial charge on any atom is 0.203 e. The first-order chi connectivity index (χ1) is 8.33. The lowest BCUT2D eigenvalue weighted by Crippen LogP contribution is -2.11. The van der Waals surface area contributed by atoms with Crippen molar-refractivity contribution in [2.24, 2.45) is 0 Å². The first-order valence-corrected chi connectivity index (χ1v) is 5.60. The number of hydrogen-bond acceptors (Lipinski definition) is 3. The Hall–Kier alpha value is -2.10. The third-order valence-corrected chi connectivity index (χ3v) is 2.68. The summed E-state index contributed by atoms with van der Waals surface area (Å²) in [5.74, 6) is 0.856. The van der Waals surface area contributed by atoms with Gasteiger partial charge in [-0.15, -0.1) is 6.58 Å². The van der Waals surface area contributed by atoms with Gasteiger partial charge in [0.2, 0.25) is 5.95 Å². The number of hydrogen-bond donors (Lipinski definition) is 1. The van der Waals surface area contributed by atoms with Gasteiger partial charge in [-0.1, -0.05) is 6.08 Å². The van der Waals surface area contributed by atoms with Crippen molar-refractivity contribution < 1.29 is 0 Å². The van der Waals surface area contributed by atoms with Crippen molar-refractivity contribution in [3.8, 4) is 0 Å². The van der Waals surface area contributed by atoms with E-state index in [2.05, 4.69) is 33.4 Å². The van der Waals surface area contributed by atoms with E-state index in [0.29, 0.717) is 6.54 Å². The fourth-order valence-corrected chi connectivity index (χ4v) is 1.73. The second-order valence-electron chi connectivity index (χ2n) is 3.78. The number of pyridine rings is 1. The summed E-state index contributed by atoms with van der Waals surface area (Å²) in [6.45, 7) is 6.53. The molecule has 2 aromatic rings. The molecule has 1 unspecified atom stereocenters. The summed E-state index contributed by atoms with van der Waals surface area (Å²) in [5, 5.41) is 3.21. The summed E-state index contributed by atoms with van der Waals surface area (Å²) in [4.78, 5) is 8.32. The highest BCUT2D eigenvalue weighted by molar-refractivity contribution is 5.30. The Balaban J connectivity index is 2.22. The predicted octanol–water partition coefficient (Wildman–Crippen LogP) is 2.49. The van der Waals surface area contributed by atoms with Crippen molar-refractivity contribution >= 4 is 5.95 Å². The number of nitrogens with zero attached hydrogens (tertiary/aromatic N) is 3. The van der Waals surface area contributed by atoms with Crippen molar-refractivity contribution in [2.75, 3.05) is 11.9 Å². The van der Waals surface area contributed by atoms with E-state index in [1.54, 1.807) is 18.6 Å². The van der Waals surface area contributed by atoms with E-state index < -0.39 is 0 Å². The van der Waals surface area contributed by atoms with Gasteiger partial charge in [0.05, 0.1) is 6.04 Å². The highest BCUT2D eigenvalue weighted by Gasteiger charge is 2.10. The van der Waals surface area contributed by atoms with E-state index >= 15 is 0 Å². The van der Waals surface area contributed by atoms with E-state index in [-0.39, 0.29) is 6.04 Å². The highest BCUT2D eigenvalue weighted by atomic mass is 15.2. The summed E-state index contributed by atoms with van der Waals surface area (Å²) in [7, 11) is 0. The van der Waals surface area contributed by atoms with Crippen LogP contribution >= 0.6 is 0 Å². The van der Waals surface area contributed by atoms with Crippen LogP contribution in [0.1, 0.15) is 18.5 Å². The van der Waals surface area contributed by atoms with Crippen LogP contribution in [0.5, 0.6) is 0 Å². The molecule has 0 aliphatic heterocycles. The van der Waals surface area contributed by atoms with Gasteiger partial charge in [0, 0.05) is 31.3 Å². The molecule has 4 heteroatoms. The molecule has 4 nitrogen and oxygen atoms in total. The Bertz CT molecular complexity index is 475. The Labute approximate surface area is 101 Å². The molecule has 0 aliphatic rings. The zero-order valence-corrected chi connectivity index (χ0v) is 9.87. The summed E-state index contributed by atoms with van der Waals surface area (Å²) in [6.07, 6.45) is 9.19. The molecule has 0 aliphatic carbocycles. The fourth-order valence-electron chi connectivity index (χ4n) is 1.73. The molecule has 0 aromatic carbocycles. The van der Waals surface area contributed by atoms with Crippen LogP contribution in [0.4, 0.5) is 5.95 Å². The maximum atomic E-state index is 4.29. The summed E-state index contributed by atoms with van der Waals surface area (Å²) < 4.78 is 2.10. The minimum atomic E-state index is 0.229. The zero-order valence-electron chi connectivity index (χ0n) is 9.87. The third-order valence-electron chi connectivity index (χ3n) is 2.68. The van der Waals surface area contributed by atoms with Crippen LogP contribution in [0.25, 0.3) is 0 Å². The van der Waals surface area contributed by atoms with Gasteiger partial charge in [-0.2, -0.15) is 0 Å². The van der Waals surface area contributed by atoms with Crippen molar-refractivity contribution in [3.05, 3.63) is 55.1 Å². The van der Waals surface area contributed by atoms with Gasteiger partial charge in [-0.3, -0.25) is 4.98 Å². The third kappa shape index (κ3) is 2.53. The molecule has 2 heterocycles. The minimum Gasteiger partial charge on any atom is -0.352 e. The maximum absolute atomic E-state index is 4.29. The van der Waals surface area contributed by atoms with Crippen molar-refractivity contribution in [1.82, 2.24) is 14.5 Å². The van der Waals surface area contributed by atoms with Crippen LogP contribution < -0.4 is 5.32 Å². The molecular formula is C13H16N4. The van der Waals surface area contributed by atoms with Crippen LogP contribution in [-0.2, 0) is 0 Å². The topological polar surface area (TPSA) is 42.7 Å². The Kier molecular flexibility index (Phi) is 3.55. The Morgan fingerprint density at radius 1 is 1.41 bits per heavy atom. The standard InChI is InChI=1S/C13H16N4/c1-3-6-15-13-16-9-10-17(13)11(2)12-4-7-14-8-5-12/h3-5,7-11H,1,6H2,2H3,(H,15,16). The molecule has 1 N–H and O–H groups in total. The van der Waals surface area contributed by atoms with Gasteiger partial charge in [0.15, 0.2) is 0 Å². The highest BCUT2D eigenvalue weighted by Crippen LogP contribution is 2.20. The van der Waals surface area contributed by atoms with Gasteiger partial charge >= 0.3 is 0 Å². The Morgan fingerprint density at radius 2 is 2.18 bits per heavy atom. The zero-order chi connectivity index (χ0) is 12.1. The molecule has 2 rings (SSSR count). The molecule has 0 bridgehead atoms. The van der Waals surface area contributed by atoms with Crippen LogP contribution in [0.3, 0.4) is 0 Å². The predicted molar refractivity (Wildman–Crippen MR) is 69.0 cm³/mol. The first kappa shape index (κ1) is 11.4. The van der Waals surface area contributed by atoms with E-state index in [4.69, 9.17) is 0 Å². The average Bonchev–Trinajstić information content (AvgIpc) is 2.84. The fraction of sp³-hybridized carbons (Fsp3) is 0.231. The smallest absolute Gasteiger partial charge is 0.203 e. The molecule has 0 fully saturated rings. The second kappa shape index (κ2) is 5.30. The second-order valence-corrected chi connectivity index (χ2v) is 3.78. The summed E-state index contributed by atoms with van der Waals surface area (Å²) >= 11 is 0. The van der Waals surface area contributed by atoms with E-state index in [1.807, 2.05) is 24.4 Å². The lowest BCUT2D eigenvalue weighted by atomic mass is 10.1. The average molecular weight is 228 g/mol. The molecule has 88 valence electrons. The molecule has 0 spiro atoms. The van der Waals surface area contributed by atoms with Crippen LogP contribution in [-0.4, -0.2) is 21.1 Å². The summed E-state index contributed by atoms with van der Waals surface area (Å²) in [6, 6.07) is 4.26. The SMILES string of the molecule is C=CCNc1nccn1C(C)c1ccncc1. The van der Waals surface area contributed by atoms with E-state index in [1.165, 1.54) is 5.56 Å². The lowest BCUT2D eigenvalue weighted by molar-refractivity contribution is 0.644. The van der Waals surface area contributed by atoms with Crippen molar-refractivity contribution in [3.63, 3.8) is 0 Å². The molecule has 0 amide bonds. The number of anilines is 1. The van der Waals surface area contributed by atoms with Gasteiger partial charge < -0.3 is 9.88 Å². The number of imidazole rings is 1. The minimum absolute atomic E-state index is 0.229. The molecule has 17 heavy (non-hydrogen) atoms. The monoisotopic (exact) mass is 228 g/mol. The van der Waals surface area contributed by atoms with Crippen molar-refractivity contribution in [1.29, 1.82) is 0 Å². The molecule has 1 atom stereocenters. The first-order valence-electron chi connectivity index (χ1n) is 5.60. The normalized spacial score (nSPS) is 12.1. The molecule has 0 radical (unpaired) electrons. The molecule has 0 saturated heterocycles. The summed E-state index contributed by atoms with van der Waals surface area (Å²) in [5.41, 5.74) is 1.21. The lowest BCUT2D eigenvalue weighted by Gasteiger charge is -2.16. The van der Waals surface area contributed by atoms with Crippen LogP contribution in [0.15, 0.2) is 49.6 Å². The van der Waals surface area contributed by atoms with Crippen LogP contribution in [0, 0.1) is 0 Å².